The summed E-state index contributed by atoms with van der Waals surface area (Å²) in [7, 11) is 0. The molecule has 2 N–H and O–H groups in total. The number of nitro groups is 1. The van der Waals surface area contributed by atoms with Crippen LogP contribution in [0.1, 0.15) is 12.0 Å². The zero-order valence-corrected chi connectivity index (χ0v) is 11.3. The summed E-state index contributed by atoms with van der Waals surface area (Å²) < 4.78 is 0. The number of aromatic nitrogens is 1. The van der Waals surface area contributed by atoms with Crippen LogP contribution in [0.4, 0.5) is 16.3 Å². The predicted molar refractivity (Wildman–Crippen MR) is 73.6 cm³/mol. The standard InChI is InChI=1S/C12H17N5O3/c1-9-7-10(17(19)20)8-14-11(9)15-3-2-4-16(6-5-15)12(13)18/h7-8H,2-6H2,1H3,(H2,13,18). The summed E-state index contributed by atoms with van der Waals surface area (Å²) in [4.78, 5) is 29.2. The number of primary amides is 1. The average molecular weight is 279 g/mol. The van der Waals surface area contributed by atoms with E-state index in [-0.39, 0.29) is 5.69 Å². The Labute approximate surface area is 116 Å². The van der Waals surface area contributed by atoms with Gasteiger partial charge in [-0.2, -0.15) is 0 Å². The van der Waals surface area contributed by atoms with Crippen molar-refractivity contribution in [1.82, 2.24) is 9.88 Å². The molecule has 2 rings (SSSR count). The summed E-state index contributed by atoms with van der Waals surface area (Å²) in [6.07, 6.45) is 2.06. The summed E-state index contributed by atoms with van der Waals surface area (Å²) in [6.45, 7) is 4.32. The number of anilines is 1. The fraction of sp³-hybridized carbons (Fsp3) is 0.500. The van der Waals surface area contributed by atoms with Gasteiger partial charge < -0.3 is 15.5 Å². The molecule has 2 heterocycles. The Bertz CT molecular complexity index is 534. The van der Waals surface area contributed by atoms with Gasteiger partial charge in [-0.1, -0.05) is 0 Å². The van der Waals surface area contributed by atoms with Gasteiger partial charge in [-0.05, 0) is 18.9 Å². The lowest BCUT2D eigenvalue weighted by Crippen LogP contribution is -2.38. The lowest BCUT2D eigenvalue weighted by Gasteiger charge is -2.23. The van der Waals surface area contributed by atoms with E-state index in [1.54, 1.807) is 11.8 Å². The Morgan fingerprint density at radius 2 is 2.15 bits per heavy atom. The SMILES string of the molecule is Cc1cc([N+](=O)[O-])cnc1N1CCCN(C(N)=O)CC1. The molecule has 108 valence electrons. The molecule has 0 aliphatic carbocycles. The quantitative estimate of drug-likeness (QED) is 0.639. The number of rotatable bonds is 2. The number of aryl methyl sites for hydroxylation is 1. The van der Waals surface area contributed by atoms with E-state index in [1.165, 1.54) is 12.3 Å². The maximum atomic E-state index is 11.2. The van der Waals surface area contributed by atoms with Gasteiger partial charge in [0.25, 0.3) is 5.69 Å². The molecule has 8 nitrogen and oxygen atoms in total. The molecule has 1 aliphatic rings. The van der Waals surface area contributed by atoms with Gasteiger partial charge in [0.05, 0.1) is 4.92 Å². The van der Waals surface area contributed by atoms with Crippen LogP contribution in [-0.2, 0) is 0 Å². The fourth-order valence-corrected chi connectivity index (χ4v) is 2.33. The Hall–Kier alpha value is -2.38. The van der Waals surface area contributed by atoms with E-state index in [4.69, 9.17) is 5.73 Å². The second-order valence-corrected chi connectivity index (χ2v) is 4.76. The molecule has 0 saturated carbocycles. The van der Waals surface area contributed by atoms with E-state index >= 15 is 0 Å². The molecule has 0 unspecified atom stereocenters. The highest BCUT2D eigenvalue weighted by atomic mass is 16.6. The number of hydrogen-bond acceptors (Lipinski definition) is 5. The summed E-state index contributed by atoms with van der Waals surface area (Å²) in [6, 6.07) is 1.10. The third-order valence-corrected chi connectivity index (χ3v) is 3.35. The van der Waals surface area contributed by atoms with Gasteiger partial charge in [-0.3, -0.25) is 10.1 Å². The van der Waals surface area contributed by atoms with Gasteiger partial charge in [-0.15, -0.1) is 0 Å². The van der Waals surface area contributed by atoms with Gasteiger partial charge in [0.2, 0.25) is 0 Å². The highest BCUT2D eigenvalue weighted by Gasteiger charge is 2.20. The molecular formula is C12H17N5O3. The summed E-state index contributed by atoms with van der Waals surface area (Å²) in [5, 5.41) is 10.7. The van der Waals surface area contributed by atoms with Gasteiger partial charge in [0.15, 0.2) is 0 Å². The van der Waals surface area contributed by atoms with Crippen molar-refractivity contribution in [1.29, 1.82) is 0 Å². The molecule has 0 bridgehead atoms. The van der Waals surface area contributed by atoms with Crippen molar-refractivity contribution in [3.05, 3.63) is 27.9 Å². The first kappa shape index (κ1) is 14.0. The molecule has 2 amide bonds. The first-order valence-electron chi connectivity index (χ1n) is 6.39. The largest absolute Gasteiger partial charge is 0.355 e. The lowest BCUT2D eigenvalue weighted by molar-refractivity contribution is -0.385. The maximum Gasteiger partial charge on any atom is 0.314 e. The van der Waals surface area contributed by atoms with Gasteiger partial charge >= 0.3 is 6.03 Å². The fourth-order valence-electron chi connectivity index (χ4n) is 2.33. The summed E-state index contributed by atoms with van der Waals surface area (Å²) in [5.74, 6) is 0.724. The maximum absolute atomic E-state index is 11.2. The van der Waals surface area contributed by atoms with Crippen molar-refractivity contribution in [2.45, 2.75) is 13.3 Å². The van der Waals surface area contributed by atoms with Gasteiger partial charge in [0, 0.05) is 32.2 Å². The lowest BCUT2D eigenvalue weighted by atomic mass is 10.2. The van der Waals surface area contributed by atoms with Crippen LogP contribution in [0.2, 0.25) is 0 Å². The van der Waals surface area contributed by atoms with Crippen molar-refractivity contribution in [2.24, 2.45) is 5.73 Å². The smallest absolute Gasteiger partial charge is 0.314 e. The molecule has 1 saturated heterocycles. The van der Waals surface area contributed by atoms with E-state index in [0.29, 0.717) is 19.6 Å². The van der Waals surface area contributed by atoms with Crippen molar-refractivity contribution >= 4 is 17.5 Å². The van der Waals surface area contributed by atoms with Gasteiger partial charge in [-0.25, -0.2) is 9.78 Å². The van der Waals surface area contributed by atoms with Crippen LogP contribution in [0.25, 0.3) is 0 Å². The number of nitrogens with two attached hydrogens (primary N) is 1. The van der Waals surface area contributed by atoms with Gasteiger partial charge in [0.1, 0.15) is 12.0 Å². The zero-order valence-electron chi connectivity index (χ0n) is 11.3. The van der Waals surface area contributed by atoms with E-state index in [2.05, 4.69) is 4.98 Å². The first-order valence-corrected chi connectivity index (χ1v) is 6.39. The Balaban J connectivity index is 2.15. The highest BCUT2D eigenvalue weighted by Crippen LogP contribution is 2.22. The number of carbonyl (C=O) groups is 1. The van der Waals surface area contributed by atoms with E-state index < -0.39 is 11.0 Å². The second-order valence-electron chi connectivity index (χ2n) is 4.76. The monoisotopic (exact) mass is 279 g/mol. The normalized spacial score (nSPS) is 15.8. The molecule has 1 aromatic rings. The summed E-state index contributed by atoms with van der Waals surface area (Å²) >= 11 is 0. The predicted octanol–water partition coefficient (Wildman–Crippen LogP) is 0.889. The van der Waals surface area contributed by atoms with E-state index in [1.807, 2.05) is 4.90 Å². The zero-order chi connectivity index (χ0) is 14.7. The van der Waals surface area contributed by atoms with Crippen LogP contribution in [0.15, 0.2) is 12.3 Å². The molecule has 1 aliphatic heterocycles. The average Bonchev–Trinajstić information content (AvgIpc) is 2.64. The van der Waals surface area contributed by atoms with Crippen LogP contribution >= 0.6 is 0 Å². The minimum absolute atomic E-state index is 0.0140. The number of nitrogens with zero attached hydrogens (tertiary/aromatic N) is 4. The molecule has 1 fully saturated rings. The number of hydrogen-bond donors (Lipinski definition) is 1. The van der Waals surface area contributed by atoms with E-state index in [0.717, 1.165) is 24.3 Å². The third kappa shape index (κ3) is 2.95. The van der Waals surface area contributed by atoms with Crippen molar-refractivity contribution < 1.29 is 9.72 Å². The van der Waals surface area contributed by atoms with Crippen LogP contribution in [0.3, 0.4) is 0 Å². The molecule has 0 radical (unpaired) electrons. The summed E-state index contributed by atoms with van der Waals surface area (Å²) in [5.41, 5.74) is 6.02. The number of urea groups is 1. The molecule has 0 aromatic carbocycles. The van der Waals surface area contributed by atoms with Crippen molar-refractivity contribution in [2.75, 3.05) is 31.1 Å². The van der Waals surface area contributed by atoms with Crippen LogP contribution in [0, 0.1) is 17.0 Å². The Morgan fingerprint density at radius 3 is 2.75 bits per heavy atom. The van der Waals surface area contributed by atoms with Crippen molar-refractivity contribution in [3.8, 4) is 0 Å². The minimum atomic E-state index is -0.457. The second kappa shape index (κ2) is 5.72. The molecule has 8 heteroatoms. The highest BCUT2D eigenvalue weighted by molar-refractivity contribution is 5.72. The molecule has 1 aromatic heterocycles. The molecule has 0 spiro atoms. The molecule has 0 atom stereocenters. The number of amides is 2. The topological polar surface area (TPSA) is 106 Å². The van der Waals surface area contributed by atoms with Crippen LogP contribution in [-0.4, -0.2) is 47.0 Å². The first-order chi connectivity index (χ1) is 9.49. The van der Waals surface area contributed by atoms with Crippen LogP contribution in [0.5, 0.6) is 0 Å². The third-order valence-electron chi connectivity index (χ3n) is 3.35. The minimum Gasteiger partial charge on any atom is -0.355 e. The number of carbonyl (C=O) groups excluding carboxylic acids is 1. The number of pyridine rings is 1. The molecule has 20 heavy (non-hydrogen) atoms. The Morgan fingerprint density at radius 1 is 1.40 bits per heavy atom. The van der Waals surface area contributed by atoms with E-state index in [9.17, 15) is 14.9 Å². The van der Waals surface area contributed by atoms with Crippen molar-refractivity contribution in [3.63, 3.8) is 0 Å². The van der Waals surface area contributed by atoms with Crippen LogP contribution < -0.4 is 10.6 Å². The Kier molecular flexibility index (Phi) is 4.02. The molecular weight excluding hydrogens is 262 g/mol.